The summed E-state index contributed by atoms with van der Waals surface area (Å²) >= 11 is 4.89. The standard InChI is InChI=1S/C15H10BrNO3S/c1-19-13-5-3-2-4-11(13)14-17-12(15(18)20-14)7-10-6-9(16)8-21-10/h2-8H,1H3/b12-7-. The number of carbonyl (C=O) groups is 1. The van der Waals surface area contributed by atoms with Crippen molar-refractivity contribution in [3.8, 4) is 5.75 Å². The number of methoxy groups -OCH3 is 1. The fourth-order valence-corrected chi connectivity index (χ4v) is 3.25. The van der Waals surface area contributed by atoms with Crippen molar-refractivity contribution in [1.82, 2.24) is 0 Å². The molecule has 3 rings (SSSR count). The Morgan fingerprint density at radius 3 is 2.90 bits per heavy atom. The highest BCUT2D eigenvalue weighted by atomic mass is 79.9. The second kappa shape index (κ2) is 5.83. The minimum Gasteiger partial charge on any atom is -0.496 e. The zero-order chi connectivity index (χ0) is 14.8. The monoisotopic (exact) mass is 363 g/mol. The summed E-state index contributed by atoms with van der Waals surface area (Å²) in [5.41, 5.74) is 0.939. The SMILES string of the molecule is COc1ccccc1C1=N/C(=C\c2cc(Br)cs2)C(=O)O1. The predicted octanol–water partition coefficient (Wildman–Crippen LogP) is 3.86. The third kappa shape index (κ3) is 2.91. The van der Waals surface area contributed by atoms with Gasteiger partial charge in [-0.25, -0.2) is 9.79 Å². The van der Waals surface area contributed by atoms with E-state index in [1.165, 1.54) is 11.3 Å². The van der Waals surface area contributed by atoms with Gasteiger partial charge in [-0.1, -0.05) is 12.1 Å². The number of thiophene rings is 1. The molecule has 21 heavy (non-hydrogen) atoms. The first kappa shape index (κ1) is 14.0. The topological polar surface area (TPSA) is 47.9 Å². The van der Waals surface area contributed by atoms with Crippen molar-refractivity contribution in [2.24, 2.45) is 4.99 Å². The smallest absolute Gasteiger partial charge is 0.363 e. The molecule has 1 aliphatic heterocycles. The van der Waals surface area contributed by atoms with Gasteiger partial charge in [-0.2, -0.15) is 0 Å². The molecule has 0 N–H and O–H groups in total. The maximum absolute atomic E-state index is 11.9. The van der Waals surface area contributed by atoms with Gasteiger partial charge in [0.25, 0.3) is 0 Å². The summed E-state index contributed by atoms with van der Waals surface area (Å²) in [6, 6.07) is 9.20. The van der Waals surface area contributed by atoms with Gasteiger partial charge >= 0.3 is 5.97 Å². The molecule has 0 saturated carbocycles. The first-order chi connectivity index (χ1) is 10.2. The van der Waals surface area contributed by atoms with Crippen LogP contribution in [0.1, 0.15) is 10.4 Å². The molecular weight excluding hydrogens is 354 g/mol. The van der Waals surface area contributed by atoms with Gasteiger partial charge in [0.15, 0.2) is 5.70 Å². The third-order valence-electron chi connectivity index (χ3n) is 2.82. The predicted molar refractivity (Wildman–Crippen MR) is 85.6 cm³/mol. The number of hydrogen-bond acceptors (Lipinski definition) is 5. The zero-order valence-electron chi connectivity index (χ0n) is 11.0. The average Bonchev–Trinajstić information content (AvgIpc) is 3.06. The largest absolute Gasteiger partial charge is 0.496 e. The Bertz CT molecular complexity index is 764. The molecule has 1 aliphatic rings. The molecule has 2 aromatic rings. The van der Waals surface area contributed by atoms with E-state index >= 15 is 0 Å². The van der Waals surface area contributed by atoms with Crippen LogP contribution in [0, 0.1) is 0 Å². The van der Waals surface area contributed by atoms with Crippen molar-refractivity contribution in [1.29, 1.82) is 0 Å². The minimum atomic E-state index is -0.458. The molecule has 0 radical (unpaired) electrons. The van der Waals surface area contributed by atoms with Crippen LogP contribution in [0.5, 0.6) is 5.75 Å². The van der Waals surface area contributed by atoms with Crippen molar-refractivity contribution in [3.63, 3.8) is 0 Å². The van der Waals surface area contributed by atoms with Crippen molar-refractivity contribution in [2.45, 2.75) is 0 Å². The molecule has 6 heteroatoms. The number of nitrogens with zero attached hydrogens (tertiary/aromatic N) is 1. The zero-order valence-corrected chi connectivity index (χ0v) is 13.4. The number of esters is 1. The quantitative estimate of drug-likeness (QED) is 0.614. The van der Waals surface area contributed by atoms with Gasteiger partial charge in [-0.15, -0.1) is 11.3 Å². The van der Waals surface area contributed by atoms with Gasteiger partial charge in [-0.05, 0) is 40.2 Å². The summed E-state index contributed by atoms with van der Waals surface area (Å²) in [5.74, 6) is 0.420. The summed E-state index contributed by atoms with van der Waals surface area (Å²) in [6.45, 7) is 0. The lowest BCUT2D eigenvalue weighted by molar-refractivity contribution is -0.129. The number of ether oxygens (including phenoxy) is 2. The number of hydrogen-bond donors (Lipinski definition) is 0. The summed E-state index contributed by atoms with van der Waals surface area (Å²) in [4.78, 5) is 17.1. The molecule has 0 spiro atoms. The molecule has 106 valence electrons. The Morgan fingerprint density at radius 2 is 2.19 bits per heavy atom. The van der Waals surface area contributed by atoms with E-state index in [-0.39, 0.29) is 11.6 Å². The molecule has 1 aromatic carbocycles. The number of benzene rings is 1. The number of carbonyl (C=O) groups excluding carboxylic acids is 1. The number of aliphatic imine (C=N–C) groups is 1. The first-order valence-electron chi connectivity index (χ1n) is 6.07. The summed E-state index contributed by atoms with van der Waals surface area (Å²) in [6.07, 6.45) is 1.71. The molecular formula is C15H10BrNO3S. The first-order valence-corrected chi connectivity index (χ1v) is 7.74. The summed E-state index contributed by atoms with van der Waals surface area (Å²) in [5, 5.41) is 1.94. The molecule has 1 aromatic heterocycles. The molecule has 0 atom stereocenters. The van der Waals surface area contributed by atoms with Crippen LogP contribution in [-0.2, 0) is 9.53 Å². The van der Waals surface area contributed by atoms with E-state index in [0.717, 1.165) is 9.35 Å². The normalized spacial score (nSPS) is 16.0. The Morgan fingerprint density at radius 1 is 1.38 bits per heavy atom. The lowest BCUT2D eigenvalue weighted by Gasteiger charge is -2.05. The van der Waals surface area contributed by atoms with Crippen LogP contribution < -0.4 is 4.74 Å². The van der Waals surface area contributed by atoms with Crippen LogP contribution in [0.4, 0.5) is 0 Å². The van der Waals surface area contributed by atoms with Crippen LogP contribution >= 0.6 is 27.3 Å². The van der Waals surface area contributed by atoms with E-state index in [2.05, 4.69) is 20.9 Å². The second-order valence-electron chi connectivity index (χ2n) is 4.20. The molecule has 2 heterocycles. The van der Waals surface area contributed by atoms with Crippen molar-refractivity contribution >= 4 is 45.2 Å². The van der Waals surface area contributed by atoms with Crippen molar-refractivity contribution in [2.75, 3.05) is 7.11 Å². The minimum absolute atomic E-state index is 0.263. The van der Waals surface area contributed by atoms with Crippen molar-refractivity contribution < 1.29 is 14.3 Å². The highest BCUT2D eigenvalue weighted by Gasteiger charge is 2.26. The maximum Gasteiger partial charge on any atom is 0.363 e. The van der Waals surface area contributed by atoms with E-state index in [1.807, 2.05) is 23.6 Å². The van der Waals surface area contributed by atoms with Gasteiger partial charge < -0.3 is 9.47 Å². The van der Waals surface area contributed by atoms with E-state index in [4.69, 9.17) is 9.47 Å². The molecule has 0 amide bonds. The number of rotatable bonds is 3. The Hall–Kier alpha value is -1.92. The van der Waals surface area contributed by atoms with Crippen molar-refractivity contribution in [3.05, 3.63) is 56.3 Å². The lowest BCUT2D eigenvalue weighted by atomic mass is 10.2. The van der Waals surface area contributed by atoms with Gasteiger partial charge in [0.05, 0.1) is 12.7 Å². The maximum atomic E-state index is 11.9. The molecule has 0 fully saturated rings. The van der Waals surface area contributed by atoms with Crippen LogP contribution in [-0.4, -0.2) is 19.0 Å². The average molecular weight is 364 g/mol. The van der Waals surface area contributed by atoms with E-state index in [1.54, 1.807) is 25.3 Å². The highest BCUT2D eigenvalue weighted by molar-refractivity contribution is 9.10. The highest BCUT2D eigenvalue weighted by Crippen LogP contribution is 2.27. The summed E-state index contributed by atoms with van der Waals surface area (Å²) < 4.78 is 11.5. The molecule has 4 nitrogen and oxygen atoms in total. The van der Waals surface area contributed by atoms with Crippen LogP contribution in [0.3, 0.4) is 0 Å². The third-order valence-corrected chi connectivity index (χ3v) is 4.47. The van der Waals surface area contributed by atoms with Gasteiger partial charge in [-0.3, -0.25) is 0 Å². The molecule has 0 saturated heterocycles. The van der Waals surface area contributed by atoms with Crippen LogP contribution in [0.25, 0.3) is 6.08 Å². The fourth-order valence-electron chi connectivity index (χ4n) is 1.88. The molecule has 0 unspecified atom stereocenters. The fraction of sp³-hybridized carbons (Fsp3) is 0.0667. The van der Waals surface area contributed by atoms with Gasteiger partial charge in [0, 0.05) is 14.7 Å². The lowest BCUT2D eigenvalue weighted by Crippen LogP contribution is -2.06. The number of halogens is 1. The molecule has 0 bridgehead atoms. The Balaban J connectivity index is 1.97. The number of cyclic esters (lactones) is 1. The Labute approximate surface area is 133 Å². The van der Waals surface area contributed by atoms with E-state index in [9.17, 15) is 4.79 Å². The second-order valence-corrected chi connectivity index (χ2v) is 6.06. The van der Waals surface area contributed by atoms with Crippen LogP contribution in [0.2, 0.25) is 0 Å². The van der Waals surface area contributed by atoms with E-state index < -0.39 is 5.97 Å². The van der Waals surface area contributed by atoms with Gasteiger partial charge in [0.2, 0.25) is 5.90 Å². The van der Waals surface area contributed by atoms with E-state index in [0.29, 0.717) is 11.3 Å². The number of para-hydroxylation sites is 1. The Kier molecular flexibility index (Phi) is 3.90. The summed E-state index contributed by atoms with van der Waals surface area (Å²) in [7, 11) is 1.57. The molecule has 0 aliphatic carbocycles. The van der Waals surface area contributed by atoms with Crippen LogP contribution in [0.15, 0.2) is 50.9 Å². The van der Waals surface area contributed by atoms with Gasteiger partial charge in [0.1, 0.15) is 5.75 Å².